The summed E-state index contributed by atoms with van der Waals surface area (Å²) < 4.78 is 5.59. The number of primary amides is 1. The molecule has 3 N–H and O–H groups in total. The molecule has 5 rings (SSSR count). The van der Waals surface area contributed by atoms with Gasteiger partial charge in [0.15, 0.2) is 5.78 Å². The summed E-state index contributed by atoms with van der Waals surface area (Å²) in [5.41, 5.74) is 8.15. The zero-order valence-corrected chi connectivity index (χ0v) is 19.0. The van der Waals surface area contributed by atoms with E-state index in [1.165, 1.54) is 0 Å². The first-order chi connectivity index (χ1) is 16.0. The third kappa shape index (κ3) is 3.85. The number of Topliss-reactive ketones (excluding diaryl/α,β-unsaturated/α-hetero) is 1. The summed E-state index contributed by atoms with van der Waals surface area (Å²) in [5.74, 6) is -1.50. The van der Waals surface area contributed by atoms with Crippen LogP contribution in [-0.4, -0.2) is 63.4 Å². The van der Waals surface area contributed by atoms with Gasteiger partial charge in [-0.3, -0.25) is 19.5 Å². The maximum atomic E-state index is 14.3. The summed E-state index contributed by atoms with van der Waals surface area (Å²) in [5, 5.41) is 6.56. The molecule has 2 aliphatic heterocycles. The molecule has 0 spiro atoms. The van der Waals surface area contributed by atoms with Crippen LogP contribution >= 0.6 is 11.6 Å². The molecule has 3 heterocycles. The van der Waals surface area contributed by atoms with Crippen LogP contribution in [0.2, 0.25) is 0 Å². The molecule has 2 saturated heterocycles. The Morgan fingerprint density at radius 2 is 2.00 bits per heavy atom. The Morgan fingerprint density at radius 3 is 2.70 bits per heavy atom. The number of ketones is 1. The van der Waals surface area contributed by atoms with Crippen LogP contribution in [0.5, 0.6) is 0 Å². The minimum absolute atomic E-state index is 0.0265. The van der Waals surface area contributed by atoms with Crippen molar-refractivity contribution in [1.82, 2.24) is 15.1 Å². The fourth-order valence-corrected chi connectivity index (χ4v) is 6.15. The third-order valence-electron chi connectivity index (χ3n) is 7.27. The lowest BCUT2D eigenvalue weighted by molar-refractivity contribution is -0.139. The molecular weight excluding hydrogens is 444 g/mol. The normalized spacial score (nSPS) is 26.4. The molecule has 0 radical (unpaired) electrons. The van der Waals surface area contributed by atoms with Gasteiger partial charge in [0, 0.05) is 23.9 Å². The summed E-state index contributed by atoms with van der Waals surface area (Å²) in [7, 11) is 0. The Balaban J connectivity index is 1.65. The van der Waals surface area contributed by atoms with Gasteiger partial charge in [-0.2, -0.15) is 5.10 Å². The van der Waals surface area contributed by atoms with Crippen LogP contribution in [0.15, 0.2) is 30.5 Å². The van der Waals surface area contributed by atoms with E-state index in [1.807, 2.05) is 6.07 Å². The number of carbonyl (C=O) groups is 3. The lowest BCUT2D eigenvalue weighted by Crippen LogP contribution is -2.46. The number of hydrogen-bond acceptors (Lipinski definition) is 5. The molecule has 3 aliphatic rings. The monoisotopic (exact) mass is 470 g/mol. The van der Waals surface area contributed by atoms with Crippen molar-refractivity contribution < 1.29 is 19.1 Å². The van der Waals surface area contributed by atoms with Crippen LogP contribution in [0.1, 0.15) is 53.9 Å². The van der Waals surface area contributed by atoms with E-state index in [9.17, 15) is 14.4 Å². The van der Waals surface area contributed by atoms with Crippen molar-refractivity contribution in [2.24, 2.45) is 11.7 Å². The van der Waals surface area contributed by atoms with Gasteiger partial charge in [0.05, 0.1) is 17.0 Å². The highest BCUT2D eigenvalue weighted by Crippen LogP contribution is 2.44. The van der Waals surface area contributed by atoms with E-state index >= 15 is 0 Å². The van der Waals surface area contributed by atoms with Crippen molar-refractivity contribution in [1.29, 1.82) is 0 Å². The van der Waals surface area contributed by atoms with Crippen LogP contribution in [-0.2, 0) is 14.3 Å². The van der Waals surface area contributed by atoms with Crippen molar-refractivity contribution >= 4 is 29.2 Å². The number of nitrogens with zero attached hydrogens (tertiary/aromatic N) is 2. The highest BCUT2D eigenvalue weighted by atomic mass is 35.5. The van der Waals surface area contributed by atoms with E-state index in [2.05, 4.69) is 10.2 Å². The maximum Gasteiger partial charge on any atom is 0.249 e. The van der Waals surface area contributed by atoms with Gasteiger partial charge in [-0.1, -0.05) is 31.4 Å². The Kier molecular flexibility index (Phi) is 5.97. The average molecular weight is 471 g/mol. The third-order valence-corrected chi connectivity index (χ3v) is 7.65. The highest BCUT2D eigenvalue weighted by Gasteiger charge is 2.53. The number of ether oxygens (including phenoxy) is 1. The second-order valence-electron chi connectivity index (χ2n) is 9.17. The summed E-state index contributed by atoms with van der Waals surface area (Å²) in [4.78, 5) is 41.0. The van der Waals surface area contributed by atoms with Crippen molar-refractivity contribution in [2.75, 3.05) is 13.2 Å². The number of aromatic nitrogens is 2. The first kappa shape index (κ1) is 22.1. The number of carbonyl (C=O) groups excluding carboxylic acids is 3. The summed E-state index contributed by atoms with van der Waals surface area (Å²) in [6, 6.07) is 6.43. The van der Waals surface area contributed by atoms with Crippen molar-refractivity contribution in [3.8, 4) is 11.3 Å². The minimum Gasteiger partial charge on any atom is -0.366 e. The van der Waals surface area contributed by atoms with Crippen LogP contribution < -0.4 is 5.73 Å². The molecule has 3 fully saturated rings. The standard InChI is InChI=1S/C24H27ClN4O4/c25-16-11-29(21-18(30)12-33-22(16)21)24(32)19(13-5-2-1-3-6-13)20-14(17-9-10-27-28-17)7-4-8-15(20)23(26)31/h4,7-10,13,16,19,21-22H,1-3,5-6,11-12H2,(H2,26,31)(H,27,28)/t16-,19-,21+,22+/m0/s1. The summed E-state index contributed by atoms with van der Waals surface area (Å²) >= 11 is 6.49. The number of H-pyrrole nitrogens is 1. The van der Waals surface area contributed by atoms with Gasteiger partial charge >= 0.3 is 0 Å². The van der Waals surface area contributed by atoms with Gasteiger partial charge < -0.3 is 15.4 Å². The Morgan fingerprint density at radius 1 is 1.21 bits per heavy atom. The molecule has 0 bridgehead atoms. The second-order valence-corrected chi connectivity index (χ2v) is 9.73. The summed E-state index contributed by atoms with van der Waals surface area (Å²) in [6.45, 7) is 0.205. The largest absolute Gasteiger partial charge is 0.366 e. The summed E-state index contributed by atoms with van der Waals surface area (Å²) in [6.07, 6.45) is 6.01. The van der Waals surface area contributed by atoms with E-state index in [0.717, 1.165) is 37.7 Å². The predicted molar refractivity (Wildman–Crippen MR) is 122 cm³/mol. The number of rotatable bonds is 5. The first-order valence-electron chi connectivity index (χ1n) is 11.5. The van der Waals surface area contributed by atoms with Crippen LogP contribution in [0, 0.1) is 5.92 Å². The van der Waals surface area contributed by atoms with E-state index < -0.39 is 29.3 Å². The van der Waals surface area contributed by atoms with Gasteiger partial charge in [0.2, 0.25) is 11.8 Å². The van der Waals surface area contributed by atoms with Crippen LogP contribution in [0.4, 0.5) is 0 Å². The molecule has 174 valence electrons. The van der Waals surface area contributed by atoms with Gasteiger partial charge in [-0.15, -0.1) is 11.6 Å². The molecule has 2 amide bonds. The first-order valence-corrected chi connectivity index (χ1v) is 11.9. The molecule has 1 aliphatic carbocycles. The number of amides is 2. The zero-order chi connectivity index (χ0) is 23.1. The molecular formula is C24H27ClN4O4. The zero-order valence-electron chi connectivity index (χ0n) is 18.2. The number of likely N-dealkylation sites (tertiary alicyclic amines) is 1. The van der Waals surface area contributed by atoms with E-state index in [0.29, 0.717) is 16.8 Å². The number of nitrogens with one attached hydrogen (secondary N) is 1. The van der Waals surface area contributed by atoms with E-state index in [1.54, 1.807) is 29.3 Å². The van der Waals surface area contributed by atoms with E-state index in [-0.39, 0.29) is 30.8 Å². The minimum atomic E-state index is -0.678. The quantitative estimate of drug-likeness (QED) is 0.651. The average Bonchev–Trinajstić information content (AvgIpc) is 3.55. The fourth-order valence-electron chi connectivity index (χ4n) is 5.79. The van der Waals surface area contributed by atoms with Crippen molar-refractivity contribution in [2.45, 2.75) is 55.5 Å². The molecule has 2 aromatic rings. The molecule has 33 heavy (non-hydrogen) atoms. The molecule has 8 nitrogen and oxygen atoms in total. The highest BCUT2D eigenvalue weighted by molar-refractivity contribution is 6.22. The molecule has 9 heteroatoms. The lowest BCUT2D eigenvalue weighted by atomic mass is 9.73. The Labute approximate surface area is 196 Å². The molecule has 1 saturated carbocycles. The number of alkyl halides is 1. The molecule has 0 unspecified atom stereocenters. The number of nitrogens with two attached hydrogens (primary N) is 1. The second kappa shape index (κ2) is 8.91. The van der Waals surface area contributed by atoms with E-state index in [4.69, 9.17) is 22.1 Å². The topological polar surface area (TPSA) is 118 Å². The predicted octanol–water partition coefficient (Wildman–Crippen LogP) is 2.63. The number of fused-ring (bicyclic) bond motifs is 1. The Bertz CT molecular complexity index is 1070. The maximum absolute atomic E-state index is 14.3. The smallest absolute Gasteiger partial charge is 0.249 e. The van der Waals surface area contributed by atoms with Crippen molar-refractivity contribution in [3.63, 3.8) is 0 Å². The van der Waals surface area contributed by atoms with Gasteiger partial charge in [0.25, 0.3) is 0 Å². The number of hydrogen-bond donors (Lipinski definition) is 2. The number of halogens is 1. The lowest BCUT2D eigenvalue weighted by Gasteiger charge is -2.35. The molecule has 1 aromatic heterocycles. The Hall–Kier alpha value is -2.71. The number of benzene rings is 1. The molecule has 1 aromatic carbocycles. The van der Waals surface area contributed by atoms with Crippen molar-refractivity contribution in [3.05, 3.63) is 41.6 Å². The number of aromatic amines is 1. The molecule has 4 atom stereocenters. The fraction of sp³-hybridized carbons (Fsp3) is 0.500. The van der Waals surface area contributed by atoms with Gasteiger partial charge in [-0.25, -0.2) is 0 Å². The van der Waals surface area contributed by atoms with Gasteiger partial charge in [0.1, 0.15) is 18.8 Å². The van der Waals surface area contributed by atoms with Gasteiger partial charge in [-0.05, 0) is 36.5 Å². The van der Waals surface area contributed by atoms with Crippen LogP contribution in [0.3, 0.4) is 0 Å². The van der Waals surface area contributed by atoms with Crippen LogP contribution in [0.25, 0.3) is 11.3 Å². The SMILES string of the molecule is NC(=O)c1cccc(-c2ccn[nH]2)c1[C@@H](C(=O)N1C[C@H](Cl)[C@H]2OCC(=O)[C@H]21)C1CCCCC1.